The largest absolute Gasteiger partial charge is 0.459 e. The second-order valence-corrected chi connectivity index (χ2v) is 8.24. The Kier molecular flexibility index (Phi) is 6.86. The summed E-state index contributed by atoms with van der Waals surface area (Å²) in [5, 5.41) is 3.07. The van der Waals surface area contributed by atoms with Gasteiger partial charge in [0.25, 0.3) is 11.8 Å². The van der Waals surface area contributed by atoms with Gasteiger partial charge in [-0.25, -0.2) is 4.98 Å². The summed E-state index contributed by atoms with van der Waals surface area (Å²) in [7, 11) is 0. The zero-order valence-corrected chi connectivity index (χ0v) is 18.2. The molecule has 8 heteroatoms. The Morgan fingerprint density at radius 2 is 1.81 bits per heavy atom. The van der Waals surface area contributed by atoms with Crippen LogP contribution in [0.4, 0.5) is 5.82 Å². The van der Waals surface area contributed by atoms with Crippen LogP contribution in [-0.2, 0) is 0 Å². The third-order valence-electron chi connectivity index (χ3n) is 6.02. The van der Waals surface area contributed by atoms with E-state index in [2.05, 4.69) is 20.1 Å². The van der Waals surface area contributed by atoms with Crippen molar-refractivity contribution in [2.75, 3.05) is 57.3 Å². The molecule has 0 saturated carbocycles. The molecule has 4 rings (SSSR count). The summed E-state index contributed by atoms with van der Waals surface area (Å²) in [6, 6.07) is 7.13. The molecule has 2 aliphatic rings. The Morgan fingerprint density at radius 1 is 1.03 bits per heavy atom. The summed E-state index contributed by atoms with van der Waals surface area (Å²) in [6.07, 6.45) is 5.31. The van der Waals surface area contributed by atoms with Crippen LogP contribution in [0, 0.1) is 6.92 Å². The van der Waals surface area contributed by atoms with Gasteiger partial charge < -0.3 is 24.4 Å². The van der Waals surface area contributed by atoms with E-state index in [-0.39, 0.29) is 11.8 Å². The van der Waals surface area contributed by atoms with E-state index in [0.717, 1.165) is 25.3 Å². The highest BCUT2D eigenvalue weighted by Gasteiger charge is 2.27. The van der Waals surface area contributed by atoms with Crippen LogP contribution in [-0.4, -0.2) is 79.0 Å². The number of furan rings is 1. The number of nitrogens with one attached hydrogen (secondary N) is 1. The first kappa shape index (κ1) is 21.4. The lowest BCUT2D eigenvalue weighted by Crippen LogP contribution is -2.49. The highest BCUT2D eigenvalue weighted by atomic mass is 16.3. The quantitative estimate of drug-likeness (QED) is 0.764. The Bertz CT molecular complexity index is 885. The van der Waals surface area contributed by atoms with Gasteiger partial charge in [0.1, 0.15) is 5.82 Å². The highest BCUT2D eigenvalue weighted by Crippen LogP contribution is 2.21. The molecule has 0 atom stereocenters. The van der Waals surface area contributed by atoms with Gasteiger partial charge in [-0.15, -0.1) is 0 Å². The average molecular weight is 426 g/mol. The normalized spacial score (nSPS) is 17.6. The van der Waals surface area contributed by atoms with E-state index >= 15 is 0 Å². The molecule has 0 spiro atoms. The summed E-state index contributed by atoms with van der Waals surface area (Å²) < 4.78 is 5.23. The second-order valence-electron chi connectivity index (χ2n) is 8.24. The standard InChI is InChI=1S/C23H31N5O3/c1-18-7-8-19(22(29)24-9-12-26-10-3-2-4-11-26)21(25-18)27-13-15-28(16-14-27)23(30)20-6-5-17-31-20/h5-8,17H,2-4,9-16H2,1H3,(H,24,29). The molecule has 31 heavy (non-hydrogen) atoms. The fraction of sp³-hybridized carbons (Fsp3) is 0.522. The van der Waals surface area contributed by atoms with Crippen LogP contribution in [0.25, 0.3) is 0 Å². The summed E-state index contributed by atoms with van der Waals surface area (Å²) in [5.74, 6) is 0.864. The Morgan fingerprint density at radius 3 is 2.52 bits per heavy atom. The molecular formula is C23H31N5O3. The lowest BCUT2D eigenvalue weighted by molar-refractivity contribution is 0.0713. The molecule has 166 valence electrons. The van der Waals surface area contributed by atoms with Crippen LogP contribution in [0.15, 0.2) is 34.9 Å². The maximum absolute atomic E-state index is 12.9. The Balaban J connectivity index is 1.36. The van der Waals surface area contributed by atoms with Crippen LogP contribution in [0.2, 0.25) is 0 Å². The fourth-order valence-electron chi connectivity index (χ4n) is 4.24. The molecule has 2 fully saturated rings. The van der Waals surface area contributed by atoms with Crippen LogP contribution < -0.4 is 10.2 Å². The van der Waals surface area contributed by atoms with E-state index in [1.54, 1.807) is 17.0 Å². The van der Waals surface area contributed by atoms with Crippen molar-refractivity contribution in [1.29, 1.82) is 0 Å². The molecule has 8 nitrogen and oxygen atoms in total. The SMILES string of the molecule is Cc1ccc(C(=O)NCCN2CCCCC2)c(N2CCN(C(=O)c3ccco3)CC2)n1. The number of hydrogen-bond acceptors (Lipinski definition) is 6. The van der Waals surface area contributed by atoms with Crippen molar-refractivity contribution in [3.8, 4) is 0 Å². The molecule has 0 bridgehead atoms. The highest BCUT2D eigenvalue weighted by molar-refractivity contribution is 5.99. The van der Waals surface area contributed by atoms with E-state index < -0.39 is 0 Å². The van der Waals surface area contributed by atoms with Gasteiger partial charge in [-0.3, -0.25) is 9.59 Å². The number of pyridine rings is 1. The molecule has 0 unspecified atom stereocenters. The predicted molar refractivity (Wildman–Crippen MR) is 118 cm³/mol. The zero-order chi connectivity index (χ0) is 21.6. The number of carbonyl (C=O) groups excluding carboxylic acids is 2. The van der Waals surface area contributed by atoms with E-state index in [4.69, 9.17) is 4.42 Å². The molecule has 2 amide bonds. The lowest BCUT2D eigenvalue weighted by atomic mass is 10.1. The number of likely N-dealkylation sites (tertiary alicyclic amines) is 1. The minimum absolute atomic E-state index is 0.0893. The fourth-order valence-corrected chi connectivity index (χ4v) is 4.24. The van der Waals surface area contributed by atoms with Gasteiger partial charge in [-0.1, -0.05) is 6.42 Å². The lowest BCUT2D eigenvalue weighted by Gasteiger charge is -2.35. The second kappa shape index (κ2) is 9.96. The van der Waals surface area contributed by atoms with Crippen LogP contribution in [0.3, 0.4) is 0 Å². The topological polar surface area (TPSA) is 81.9 Å². The first-order chi connectivity index (χ1) is 15.1. The first-order valence-corrected chi connectivity index (χ1v) is 11.2. The molecule has 2 aromatic heterocycles. The summed E-state index contributed by atoms with van der Waals surface area (Å²) in [6.45, 7) is 8.05. The van der Waals surface area contributed by atoms with Crippen molar-refractivity contribution in [2.24, 2.45) is 0 Å². The molecule has 0 aromatic carbocycles. The number of amides is 2. The smallest absolute Gasteiger partial charge is 0.289 e. The third-order valence-corrected chi connectivity index (χ3v) is 6.02. The van der Waals surface area contributed by atoms with E-state index in [9.17, 15) is 9.59 Å². The molecule has 2 saturated heterocycles. The minimum Gasteiger partial charge on any atom is -0.459 e. The van der Waals surface area contributed by atoms with Crippen molar-refractivity contribution in [1.82, 2.24) is 20.1 Å². The van der Waals surface area contributed by atoms with Crippen molar-refractivity contribution in [3.05, 3.63) is 47.5 Å². The maximum atomic E-state index is 12.9. The number of anilines is 1. The molecule has 0 radical (unpaired) electrons. The first-order valence-electron chi connectivity index (χ1n) is 11.2. The van der Waals surface area contributed by atoms with Crippen LogP contribution in [0.5, 0.6) is 0 Å². The maximum Gasteiger partial charge on any atom is 0.289 e. The molecular weight excluding hydrogens is 394 g/mol. The van der Waals surface area contributed by atoms with Crippen molar-refractivity contribution < 1.29 is 14.0 Å². The van der Waals surface area contributed by atoms with Crippen LogP contribution >= 0.6 is 0 Å². The average Bonchev–Trinajstić information content (AvgIpc) is 3.34. The monoisotopic (exact) mass is 425 g/mol. The number of piperidine rings is 1. The van der Waals surface area contributed by atoms with E-state index in [0.29, 0.717) is 49.9 Å². The van der Waals surface area contributed by atoms with Gasteiger partial charge in [-0.2, -0.15) is 0 Å². The van der Waals surface area contributed by atoms with Gasteiger partial charge in [0.2, 0.25) is 0 Å². The number of nitrogens with zero attached hydrogens (tertiary/aromatic N) is 4. The molecule has 2 aliphatic heterocycles. The Labute approximate surface area is 183 Å². The van der Waals surface area contributed by atoms with Crippen molar-refractivity contribution in [2.45, 2.75) is 26.2 Å². The minimum atomic E-state index is -0.0995. The van der Waals surface area contributed by atoms with Crippen molar-refractivity contribution >= 4 is 17.6 Å². The number of hydrogen-bond donors (Lipinski definition) is 1. The summed E-state index contributed by atoms with van der Waals surface area (Å²) >= 11 is 0. The molecule has 1 N–H and O–H groups in total. The molecule has 0 aliphatic carbocycles. The van der Waals surface area contributed by atoms with E-state index in [1.807, 2.05) is 19.1 Å². The van der Waals surface area contributed by atoms with Gasteiger partial charge in [0, 0.05) is 45.0 Å². The van der Waals surface area contributed by atoms with Gasteiger partial charge in [-0.05, 0) is 57.1 Å². The Hall–Kier alpha value is -2.87. The summed E-state index contributed by atoms with van der Waals surface area (Å²) in [5.41, 5.74) is 1.46. The number of rotatable bonds is 6. The predicted octanol–water partition coefficient (Wildman–Crippen LogP) is 2.16. The third kappa shape index (κ3) is 5.25. The number of aryl methyl sites for hydroxylation is 1. The zero-order valence-electron chi connectivity index (χ0n) is 18.2. The number of aromatic nitrogens is 1. The number of carbonyl (C=O) groups is 2. The van der Waals surface area contributed by atoms with Gasteiger partial charge >= 0.3 is 0 Å². The van der Waals surface area contributed by atoms with Gasteiger partial charge in [0.05, 0.1) is 11.8 Å². The molecule has 4 heterocycles. The van der Waals surface area contributed by atoms with E-state index in [1.165, 1.54) is 25.5 Å². The number of piperazine rings is 1. The summed E-state index contributed by atoms with van der Waals surface area (Å²) in [4.78, 5) is 36.4. The van der Waals surface area contributed by atoms with Crippen LogP contribution in [0.1, 0.15) is 45.9 Å². The van der Waals surface area contributed by atoms with Crippen molar-refractivity contribution in [3.63, 3.8) is 0 Å². The molecule has 2 aromatic rings. The van der Waals surface area contributed by atoms with Gasteiger partial charge in [0.15, 0.2) is 5.76 Å².